The van der Waals surface area contributed by atoms with Gasteiger partial charge in [0.2, 0.25) is 5.91 Å². The Bertz CT molecular complexity index is 910. The lowest BCUT2D eigenvalue weighted by molar-refractivity contribution is -0.303. The average Bonchev–Trinajstić information content (AvgIpc) is 3.20. The first-order chi connectivity index (χ1) is 27.5. The summed E-state index contributed by atoms with van der Waals surface area (Å²) in [5.41, 5.74) is 0. The Morgan fingerprint density at radius 2 is 0.982 bits per heavy atom. The zero-order valence-electron chi connectivity index (χ0n) is 36.8. The number of carbonyl (C=O) groups excluding carboxylic acids is 1. The molecular weight excluding hydrogens is 727 g/mol. The Kier molecular flexibility index (Phi) is 34.0. The van der Waals surface area contributed by atoms with Gasteiger partial charge in [0.15, 0.2) is 6.29 Å². The van der Waals surface area contributed by atoms with Crippen LogP contribution in [0.4, 0.5) is 0 Å². The second kappa shape index (κ2) is 35.8. The molecule has 1 fully saturated rings. The van der Waals surface area contributed by atoms with Gasteiger partial charge in [-0.25, -0.2) is 0 Å². The van der Waals surface area contributed by atoms with Crippen LogP contribution in [0.15, 0.2) is 0 Å². The van der Waals surface area contributed by atoms with Gasteiger partial charge >= 0.3 is 0 Å². The van der Waals surface area contributed by atoms with Gasteiger partial charge in [-0.2, -0.15) is 0 Å². The third kappa shape index (κ3) is 26.8. The molecule has 0 unspecified atom stereocenters. The number of unbranched alkanes of at least 4 members (excludes halogenated alkanes) is 25. The Hall–Kier alpha value is -0.890. The van der Waals surface area contributed by atoms with Crippen molar-refractivity contribution in [1.82, 2.24) is 5.32 Å². The van der Waals surface area contributed by atoms with Gasteiger partial charge in [-0.1, -0.05) is 201 Å². The molecule has 1 rings (SSSR count). The largest absolute Gasteiger partial charge is 0.394 e. The second-order valence-electron chi connectivity index (χ2n) is 17.7. The predicted molar refractivity (Wildman–Crippen MR) is 229 cm³/mol. The van der Waals surface area contributed by atoms with Crippen molar-refractivity contribution in [3.05, 3.63) is 0 Å². The van der Waals surface area contributed by atoms with Crippen molar-refractivity contribution in [3.8, 4) is 0 Å². The number of ether oxygens (including phenoxy) is 2. The smallest absolute Gasteiger partial charge is 0.249 e. The van der Waals surface area contributed by atoms with Gasteiger partial charge in [0.1, 0.15) is 36.6 Å². The molecule has 0 bridgehead atoms. The molecule has 1 aliphatic heterocycles. The Morgan fingerprint density at radius 1 is 0.579 bits per heavy atom. The topological polar surface area (TPSA) is 189 Å². The summed E-state index contributed by atoms with van der Waals surface area (Å²) in [5.74, 6) is 0.0695. The fraction of sp³-hybridized carbons (Fsp3) is 0.978. The molecule has 0 saturated carbocycles. The predicted octanol–water partition coefficient (Wildman–Crippen LogP) is 7.75. The number of carbonyl (C=O) groups is 1. The van der Waals surface area contributed by atoms with Crippen LogP contribution in [-0.2, 0) is 14.3 Å². The summed E-state index contributed by atoms with van der Waals surface area (Å²) in [5, 5.41) is 75.6. The van der Waals surface area contributed by atoms with Crippen LogP contribution in [0, 0.1) is 5.92 Å². The lowest BCUT2D eigenvalue weighted by Gasteiger charge is -2.40. The van der Waals surface area contributed by atoms with Crippen LogP contribution in [-0.4, -0.2) is 110 Å². The Labute approximate surface area is 348 Å². The van der Waals surface area contributed by atoms with Crippen molar-refractivity contribution in [2.75, 3.05) is 13.2 Å². The van der Waals surface area contributed by atoms with Crippen molar-refractivity contribution < 1.29 is 50.0 Å². The number of rotatable bonds is 39. The summed E-state index contributed by atoms with van der Waals surface area (Å²) >= 11 is 0. The van der Waals surface area contributed by atoms with Crippen LogP contribution in [0.3, 0.4) is 0 Å². The van der Waals surface area contributed by atoms with Crippen molar-refractivity contribution in [3.63, 3.8) is 0 Å². The summed E-state index contributed by atoms with van der Waals surface area (Å²) in [6.45, 7) is 5.74. The molecule has 8 N–H and O–H groups in total. The van der Waals surface area contributed by atoms with Crippen molar-refractivity contribution in [2.45, 2.75) is 268 Å². The quantitative estimate of drug-likeness (QED) is 0.0285. The molecule has 1 amide bonds. The van der Waals surface area contributed by atoms with Gasteiger partial charge in [-0.3, -0.25) is 4.79 Å². The van der Waals surface area contributed by atoms with Gasteiger partial charge in [-0.05, 0) is 18.8 Å². The molecule has 11 heteroatoms. The Morgan fingerprint density at radius 3 is 1.40 bits per heavy atom. The van der Waals surface area contributed by atoms with Crippen molar-refractivity contribution in [2.24, 2.45) is 5.92 Å². The van der Waals surface area contributed by atoms with Crippen LogP contribution in [0.25, 0.3) is 0 Å². The second-order valence-corrected chi connectivity index (χ2v) is 17.7. The summed E-state index contributed by atoms with van der Waals surface area (Å²) in [6.07, 6.45) is 23.0. The maximum absolute atomic E-state index is 13.1. The van der Waals surface area contributed by atoms with E-state index in [-0.39, 0.29) is 6.42 Å². The summed E-state index contributed by atoms with van der Waals surface area (Å²) in [6, 6.07) is -1.16. The number of hydrogen-bond acceptors (Lipinski definition) is 10. The number of nitrogens with one attached hydrogen (secondary N) is 1. The fourth-order valence-electron chi connectivity index (χ4n) is 7.86. The highest BCUT2D eigenvalue weighted by atomic mass is 16.7. The molecule has 0 aliphatic carbocycles. The van der Waals surface area contributed by atoms with Crippen molar-refractivity contribution in [1.29, 1.82) is 0 Å². The standard InChI is InChI=1S/C46H91NO10/c1-4-5-6-7-8-9-10-11-12-13-14-15-16-17-20-24-27-30-33-39(50)45(55)47-37(35-56-46-44(54)43(53)42(52)40(34-48)57-46)41(51)38(49)32-29-26-23-21-18-19-22-25-28-31-36(2)3/h36-44,46,48-54H,4-35H2,1-3H3,(H,47,55)/t37-,38+,39+,40+,41-,42-,43-,44+,46-/m0/s1. The lowest BCUT2D eigenvalue weighted by Crippen LogP contribution is -2.60. The molecule has 11 nitrogen and oxygen atoms in total. The van der Waals surface area contributed by atoms with Crippen molar-refractivity contribution >= 4 is 5.91 Å². The highest BCUT2D eigenvalue weighted by Crippen LogP contribution is 2.23. The minimum Gasteiger partial charge on any atom is -0.394 e. The van der Waals surface area contributed by atoms with E-state index < -0.39 is 74.2 Å². The fourth-order valence-corrected chi connectivity index (χ4v) is 7.86. The molecule has 1 heterocycles. The molecule has 1 aliphatic rings. The molecule has 0 aromatic carbocycles. The van der Waals surface area contributed by atoms with E-state index in [1.165, 1.54) is 128 Å². The molecule has 1 saturated heterocycles. The monoisotopic (exact) mass is 818 g/mol. The van der Waals surface area contributed by atoms with Crippen LogP contribution in [0.5, 0.6) is 0 Å². The highest BCUT2D eigenvalue weighted by Gasteiger charge is 2.44. The summed E-state index contributed by atoms with van der Waals surface area (Å²) in [7, 11) is 0. The summed E-state index contributed by atoms with van der Waals surface area (Å²) < 4.78 is 11.1. The molecular formula is C46H91NO10. The van der Waals surface area contributed by atoms with Gasteiger partial charge < -0.3 is 50.5 Å². The van der Waals surface area contributed by atoms with E-state index in [4.69, 9.17) is 9.47 Å². The zero-order chi connectivity index (χ0) is 42.1. The number of amides is 1. The Balaban J connectivity index is 2.41. The minimum atomic E-state index is -1.66. The lowest BCUT2D eigenvalue weighted by atomic mass is 9.98. The number of aliphatic hydroxyl groups is 7. The van der Waals surface area contributed by atoms with Crippen LogP contribution >= 0.6 is 0 Å². The molecule has 0 aromatic heterocycles. The minimum absolute atomic E-state index is 0.265. The first-order valence-corrected chi connectivity index (χ1v) is 23.8. The van der Waals surface area contributed by atoms with Gasteiger partial charge in [0, 0.05) is 0 Å². The molecule has 57 heavy (non-hydrogen) atoms. The van der Waals surface area contributed by atoms with E-state index in [0.29, 0.717) is 19.3 Å². The number of aliphatic hydroxyl groups excluding tert-OH is 7. The highest BCUT2D eigenvalue weighted by molar-refractivity contribution is 5.80. The van der Waals surface area contributed by atoms with Crippen LogP contribution in [0.1, 0.15) is 213 Å². The third-order valence-electron chi connectivity index (χ3n) is 11.8. The van der Waals surface area contributed by atoms with E-state index in [1.54, 1.807) is 0 Å². The molecule has 9 atom stereocenters. The zero-order valence-corrected chi connectivity index (χ0v) is 36.8. The summed E-state index contributed by atoms with van der Waals surface area (Å²) in [4.78, 5) is 13.1. The molecule has 0 aromatic rings. The maximum atomic E-state index is 13.1. The van der Waals surface area contributed by atoms with Crippen LogP contribution in [0.2, 0.25) is 0 Å². The molecule has 0 spiro atoms. The van der Waals surface area contributed by atoms with E-state index in [2.05, 4.69) is 26.1 Å². The van der Waals surface area contributed by atoms with E-state index >= 15 is 0 Å². The van der Waals surface area contributed by atoms with Gasteiger partial charge in [-0.15, -0.1) is 0 Å². The average molecular weight is 818 g/mol. The maximum Gasteiger partial charge on any atom is 0.249 e. The van der Waals surface area contributed by atoms with E-state index in [0.717, 1.165) is 44.4 Å². The van der Waals surface area contributed by atoms with E-state index in [9.17, 15) is 40.5 Å². The van der Waals surface area contributed by atoms with Gasteiger partial charge in [0.05, 0.1) is 25.4 Å². The SMILES string of the molecule is CCCCCCCCCCCCCCCCCCCC[C@@H](O)C(=O)N[C@@H](CO[C@H]1O[C@H](CO)[C@H](O)[C@H](O)[C@H]1O)[C@H](O)[C@H](O)CCCCCCCCCCCC(C)C. The molecule has 0 radical (unpaired) electrons. The third-order valence-corrected chi connectivity index (χ3v) is 11.8. The van der Waals surface area contributed by atoms with E-state index in [1.807, 2.05) is 0 Å². The normalized spacial score (nSPS) is 22.1. The first kappa shape index (κ1) is 54.1. The van der Waals surface area contributed by atoms with Gasteiger partial charge in [0.25, 0.3) is 0 Å². The molecule has 340 valence electrons. The first-order valence-electron chi connectivity index (χ1n) is 23.8. The number of hydrogen-bond donors (Lipinski definition) is 8. The van der Waals surface area contributed by atoms with Crippen LogP contribution < -0.4 is 5.32 Å².